The molecule has 0 aliphatic carbocycles. The minimum Gasteiger partial charge on any atom is -0.373 e. The number of rotatable bonds is 6. The van der Waals surface area contributed by atoms with Gasteiger partial charge in [-0.3, -0.25) is 14.4 Å². The van der Waals surface area contributed by atoms with Crippen molar-refractivity contribution in [2.45, 2.75) is 31.4 Å². The van der Waals surface area contributed by atoms with Gasteiger partial charge in [0.25, 0.3) is 0 Å². The molecule has 0 saturated carbocycles. The second-order valence-corrected chi connectivity index (χ2v) is 7.74. The number of carbonyl (C=O) groups is 1. The van der Waals surface area contributed by atoms with Crippen LogP contribution in [-0.4, -0.2) is 96.0 Å². The standard InChI is InChI=1S/C19H34N6O2.2ClH/c1-22-7-4-8-24(10-9-22)15-17-19(16-13-21-23(2)14-16)25(11-12-27-17)18(26)5-3-6-20;;/h13-14,17,19H,3-12,15,20H2,1-2H3;2*1H/t17-,19-;;/m0../s1. The number of nitrogens with zero attached hydrogens (tertiary/aromatic N) is 5. The fourth-order valence-corrected chi connectivity index (χ4v) is 4.09. The number of likely N-dealkylation sites (N-methyl/N-ethyl adjacent to an activating group) is 1. The monoisotopic (exact) mass is 450 g/mol. The van der Waals surface area contributed by atoms with Crippen LogP contribution >= 0.6 is 24.8 Å². The highest BCUT2D eigenvalue weighted by Crippen LogP contribution is 2.31. The molecule has 2 atom stereocenters. The zero-order valence-corrected chi connectivity index (χ0v) is 19.2. The molecule has 0 radical (unpaired) electrons. The van der Waals surface area contributed by atoms with Gasteiger partial charge in [-0.15, -0.1) is 24.8 Å². The molecule has 10 heteroatoms. The van der Waals surface area contributed by atoms with Gasteiger partial charge in [-0.25, -0.2) is 0 Å². The highest BCUT2D eigenvalue weighted by Gasteiger charge is 2.37. The summed E-state index contributed by atoms with van der Waals surface area (Å²) in [5.41, 5.74) is 6.66. The summed E-state index contributed by atoms with van der Waals surface area (Å²) < 4.78 is 7.99. The van der Waals surface area contributed by atoms with Gasteiger partial charge in [-0.2, -0.15) is 5.10 Å². The summed E-state index contributed by atoms with van der Waals surface area (Å²) in [4.78, 5) is 19.7. The molecular weight excluding hydrogens is 415 g/mol. The molecule has 2 saturated heterocycles. The van der Waals surface area contributed by atoms with Crippen molar-refractivity contribution in [3.8, 4) is 0 Å². The normalized spacial score (nSPS) is 23.8. The first-order valence-electron chi connectivity index (χ1n) is 10.1. The third-order valence-corrected chi connectivity index (χ3v) is 5.58. The van der Waals surface area contributed by atoms with Gasteiger partial charge < -0.3 is 20.3 Å². The maximum atomic E-state index is 12.9. The van der Waals surface area contributed by atoms with E-state index in [0.717, 1.165) is 44.7 Å². The molecule has 0 unspecified atom stereocenters. The number of hydrogen-bond donors (Lipinski definition) is 1. The molecule has 1 amide bonds. The van der Waals surface area contributed by atoms with Gasteiger partial charge in [-0.05, 0) is 39.5 Å². The Kier molecular flexibility index (Phi) is 11.5. The van der Waals surface area contributed by atoms with Gasteiger partial charge in [0, 0.05) is 51.4 Å². The van der Waals surface area contributed by atoms with Crippen LogP contribution in [0.4, 0.5) is 0 Å². The lowest BCUT2D eigenvalue weighted by Gasteiger charge is -2.42. The fourth-order valence-electron chi connectivity index (χ4n) is 4.09. The molecule has 29 heavy (non-hydrogen) atoms. The Balaban J connectivity index is 0.00000210. The zero-order valence-electron chi connectivity index (χ0n) is 17.5. The van der Waals surface area contributed by atoms with Gasteiger partial charge in [-0.1, -0.05) is 0 Å². The summed E-state index contributed by atoms with van der Waals surface area (Å²) in [6, 6.07) is -0.0845. The van der Waals surface area contributed by atoms with E-state index in [1.54, 1.807) is 4.68 Å². The maximum Gasteiger partial charge on any atom is 0.223 e. The number of carbonyl (C=O) groups excluding carboxylic acids is 1. The lowest BCUT2D eigenvalue weighted by molar-refractivity contribution is -0.148. The lowest BCUT2D eigenvalue weighted by Crippen LogP contribution is -2.52. The van der Waals surface area contributed by atoms with Gasteiger partial charge in [0.15, 0.2) is 0 Å². The molecule has 0 bridgehead atoms. The number of ether oxygens (including phenoxy) is 1. The first kappa shape index (κ1) is 26.1. The average molecular weight is 451 g/mol. The molecule has 2 aliphatic rings. The molecule has 8 nitrogen and oxygen atoms in total. The summed E-state index contributed by atoms with van der Waals surface area (Å²) in [5.74, 6) is 0.165. The van der Waals surface area contributed by atoms with Gasteiger partial charge in [0.05, 0.1) is 24.9 Å². The van der Waals surface area contributed by atoms with Crippen molar-refractivity contribution in [1.29, 1.82) is 0 Å². The van der Waals surface area contributed by atoms with Crippen molar-refractivity contribution in [3.05, 3.63) is 18.0 Å². The van der Waals surface area contributed by atoms with Crippen molar-refractivity contribution in [3.63, 3.8) is 0 Å². The molecule has 2 aliphatic heterocycles. The minimum atomic E-state index is -0.0845. The van der Waals surface area contributed by atoms with Crippen LogP contribution in [0, 0.1) is 0 Å². The molecule has 3 rings (SSSR count). The van der Waals surface area contributed by atoms with Crippen LogP contribution in [0.15, 0.2) is 12.4 Å². The molecule has 1 aromatic heterocycles. The average Bonchev–Trinajstić information content (AvgIpc) is 2.98. The number of aryl methyl sites for hydroxylation is 1. The van der Waals surface area contributed by atoms with Crippen molar-refractivity contribution in [2.75, 3.05) is 59.5 Å². The number of amides is 1. The SMILES string of the molecule is CN1CCCN(C[C@@H]2OCCN(C(=O)CCCN)[C@H]2c2cnn(C)c2)CC1.Cl.Cl. The minimum absolute atomic E-state index is 0. The van der Waals surface area contributed by atoms with Crippen LogP contribution in [-0.2, 0) is 16.6 Å². The second kappa shape index (κ2) is 12.7. The second-order valence-electron chi connectivity index (χ2n) is 7.74. The number of morpholine rings is 1. The van der Waals surface area contributed by atoms with Crippen molar-refractivity contribution >= 4 is 30.7 Å². The fraction of sp³-hybridized carbons (Fsp3) is 0.789. The number of halogens is 2. The topological polar surface area (TPSA) is 79.9 Å². The Labute approximate surface area is 186 Å². The van der Waals surface area contributed by atoms with E-state index in [9.17, 15) is 4.79 Å². The Morgan fingerprint density at radius 2 is 2.00 bits per heavy atom. The van der Waals surface area contributed by atoms with Crippen molar-refractivity contribution in [1.82, 2.24) is 24.5 Å². The van der Waals surface area contributed by atoms with Gasteiger partial charge >= 0.3 is 0 Å². The van der Waals surface area contributed by atoms with Crippen LogP contribution < -0.4 is 5.73 Å². The predicted molar refractivity (Wildman–Crippen MR) is 119 cm³/mol. The third-order valence-electron chi connectivity index (χ3n) is 5.58. The van der Waals surface area contributed by atoms with E-state index < -0.39 is 0 Å². The van der Waals surface area contributed by atoms with Crippen LogP contribution in [0.5, 0.6) is 0 Å². The van der Waals surface area contributed by atoms with E-state index in [1.807, 2.05) is 24.3 Å². The number of hydrogen-bond acceptors (Lipinski definition) is 6. The summed E-state index contributed by atoms with van der Waals surface area (Å²) >= 11 is 0. The quantitative estimate of drug-likeness (QED) is 0.693. The Hall–Kier alpha value is -0.900. The Morgan fingerprint density at radius 3 is 2.69 bits per heavy atom. The molecule has 0 spiro atoms. The summed E-state index contributed by atoms with van der Waals surface area (Å²) in [7, 11) is 4.09. The summed E-state index contributed by atoms with van der Waals surface area (Å²) in [5, 5.41) is 4.34. The molecule has 0 aromatic carbocycles. The molecular formula is C19H36Cl2N6O2. The molecule has 3 heterocycles. The van der Waals surface area contributed by atoms with E-state index in [-0.39, 0.29) is 42.9 Å². The highest BCUT2D eigenvalue weighted by molar-refractivity contribution is 5.85. The van der Waals surface area contributed by atoms with Gasteiger partial charge in [0.2, 0.25) is 5.91 Å². The first-order chi connectivity index (χ1) is 13.1. The summed E-state index contributed by atoms with van der Waals surface area (Å²) in [6.45, 7) is 6.92. The van der Waals surface area contributed by atoms with E-state index in [1.165, 1.54) is 6.42 Å². The smallest absolute Gasteiger partial charge is 0.223 e. The number of aromatic nitrogens is 2. The number of nitrogens with two attached hydrogens (primary N) is 1. The Morgan fingerprint density at radius 1 is 1.21 bits per heavy atom. The van der Waals surface area contributed by atoms with Crippen molar-refractivity contribution in [2.24, 2.45) is 12.8 Å². The molecule has 2 N–H and O–H groups in total. The molecule has 168 valence electrons. The van der Waals surface area contributed by atoms with E-state index in [2.05, 4.69) is 21.9 Å². The molecule has 1 aromatic rings. The van der Waals surface area contributed by atoms with E-state index in [0.29, 0.717) is 26.1 Å². The third kappa shape index (κ3) is 7.08. The lowest BCUT2D eigenvalue weighted by atomic mass is 9.99. The largest absolute Gasteiger partial charge is 0.373 e. The maximum absolute atomic E-state index is 12.9. The van der Waals surface area contributed by atoms with Crippen LogP contribution in [0.25, 0.3) is 0 Å². The molecule has 2 fully saturated rings. The van der Waals surface area contributed by atoms with E-state index >= 15 is 0 Å². The van der Waals surface area contributed by atoms with Crippen LogP contribution in [0.1, 0.15) is 30.9 Å². The highest BCUT2D eigenvalue weighted by atomic mass is 35.5. The van der Waals surface area contributed by atoms with Gasteiger partial charge in [0.1, 0.15) is 0 Å². The predicted octanol–water partition coefficient (Wildman–Crippen LogP) is 0.909. The van der Waals surface area contributed by atoms with Crippen LogP contribution in [0.2, 0.25) is 0 Å². The van der Waals surface area contributed by atoms with E-state index in [4.69, 9.17) is 10.5 Å². The van der Waals surface area contributed by atoms with Crippen LogP contribution in [0.3, 0.4) is 0 Å². The van der Waals surface area contributed by atoms with Crippen molar-refractivity contribution < 1.29 is 9.53 Å². The zero-order chi connectivity index (χ0) is 19.2. The Bertz CT molecular complexity index is 617. The summed E-state index contributed by atoms with van der Waals surface area (Å²) in [6.07, 6.45) is 6.22. The first-order valence-corrected chi connectivity index (χ1v) is 10.1.